The molecule has 6 heteroatoms. The number of carbonyl (C=O) groups is 2. The van der Waals surface area contributed by atoms with Crippen LogP contribution in [0.15, 0.2) is 78.4 Å². The quantitative estimate of drug-likeness (QED) is 0.253. The second kappa shape index (κ2) is 10.7. The molecule has 4 rings (SSSR count). The average molecular weight is 486 g/mol. The summed E-state index contributed by atoms with van der Waals surface area (Å²) in [5.74, 6) is -0.284. The fraction of sp³-hybridized carbons (Fsp3) is 0.267. The maximum absolute atomic E-state index is 13.3. The maximum Gasteiger partial charge on any atom is 0.295 e. The highest BCUT2D eigenvalue weighted by atomic mass is 16.5. The number of ketones is 1. The van der Waals surface area contributed by atoms with Crippen molar-refractivity contribution < 1.29 is 24.2 Å². The van der Waals surface area contributed by atoms with E-state index >= 15 is 0 Å². The molecule has 1 N–H and O–H groups in total. The van der Waals surface area contributed by atoms with Gasteiger partial charge in [0, 0.05) is 12.1 Å². The number of nitrogens with zero attached hydrogens (tertiary/aromatic N) is 1. The highest BCUT2D eigenvalue weighted by Gasteiger charge is 2.46. The SMILES string of the molecule is CCc1ccc(/C(O)=C2/C(=O)C(=O)N(Cc3cccc(OC(C)C)c3)C2c2cccc(OC)c2)cc1. The molecule has 1 amide bonds. The van der Waals surface area contributed by atoms with Gasteiger partial charge in [-0.1, -0.05) is 55.5 Å². The summed E-state index contributed by atoms with van der Waals surface area (Å²) in [6.45, 7) is 6.11. The van der Waals surface area contributed by atoms with Crippen molar-refractivity contribution >= 4 is 17.4 Å². The number of aliphatic hydroxyl groups excluding tert-OH is 1. The molecular weight excluding hydrogens is 454 g/mol. The number of likely N-dealkylation sites (tertiary alicyclic amines) is 1. The van der Waals surface area contributed by atoms with Crippen LogP contribution in [0.1, 0.15) is 49.1 Å². The molecule has 3 aromatic rings. The van der Waals surface area contributed by atoms with Gasteiger partial charge in [0.2, 0.25) is 0 Å². The van der Waals surface area contributed by atoms with Gasteiger partial charge in [0.1, 0.15) is 17.3 Å². The van der Waals surface area contributed by atoms with Crippen LogP contribution in [0.2, 0.25) is 0 Å². The minimum Gasteiger partial charge on any atom is -0.507 e. The summed E-state index contributed by atoms with van der Waals surface area (Å²) in [7, 11) is 1.56. The Labute approximate surface area is 211 Å². The molecule has 0 saturated carbocycles. The van der Waals surface area contributed by atoms with Gasteiger partial charge in [-0.2, -0.15) is 0 Å². The molecular formula is C30H31NO5. The van der Waals surface area contributed by atoms with E-state index in [-0.39, 0.29) is 24.0 Å². The minimum absolute atomic E-state index is 0.00496. The van der Waals surface area contributed by atoms with Gasteiger partial charge in [0.05, 0.1) is 24.8 Å². The van der Waals surface area contributed by atoms with E-state index in [9.17, 15) is 14.7 Å². The number of aryl methyl sites for hydroxylation is 1. The van der Waals surface area contributed by atoms with Crippen molar-refractivity contribution in [3.63, 3.8) is 0 Å². The summed E-state index contributed by atoms with van der Waals surface area (Å²) < 4.78 is 11.2. The molecule has 1 aliphatic heterocycles. The third-order valence-corrected chi connectivity index (χ3v) is 6.21. The normalized spacial score (nSPS) is 17.0. The molecule has 3 aromatic carbocycles. The first-order valence-electron chi connectivity index (χ1n) is 12.1. The second-order valence-corrected chi connectivity index (χ2v) is 9.07. The van der Waals surface area contributed by atoms with Crippen molar-refractivity contribution in [3.05, 3.63) is 101 Å². The molecule has 1 saturated heterocycles. The zero-order valence-corrected chi connectivity index (χ0v) is 21.0. The number of aliphatic hydroxyl groups is 1. The number of hydrogen-bond acceptors (Lipinski definition) is 5. The first kappa shape index (κ1) is 25.0. The number of rotatable bonds is 8. The van der Waals surface area contributed by atoms with Gasteiger partial charge in [-0.15, -0.1) is 0 Å². The van der Waals surface area contributed by atoms with Gasteiger partial charge in [-0.3, -0.25) is 9.59 Å². The summed E-state index contributed by atoms with van der Waals surface area (Å²) >= 11 is 0. The molecule has 1 aliphatic rings. The van der Waals surface area contributed by atoms with Crippen LogP contribution in [-0.4, -0.2) is 34.9 Å². The number of hydrogen-bond donors (Lipinski definition) is 1. The van der Waals surface area contributed by atoms with Crippen molar-refractivity contribution in [1.29, 1.82) is 0 Å². The van der Waals surface area contributed by atoms with Gasteiger partial charge < -0.3 is 19.5 Å². The van der Waals surface area contributed by atoms with E-state index in [4.69, 9.17) is 9.47 Å². The van der Waals surface area contributed by atoms with Crippen molar-refractivity contribution in [2.45, 2.75) is 45.9 Å². The molecule has 1 atom stereocenters. The monoisotopic (exact) mass is 485 g/mol. The average Bonchev–Trinajstić information content (AvgIpc) is 3.13. The second-order valence-electron chi connectivity index (χ2n) is 9.07. The summed E-state index contributed by atoms with van der Waals surface area (Å²) in [5.41, 5.74) is 3.16. The molecule has 6 nitrogen and oxygen atoms in total. The molecule has 1 fully saturated rings. The molecule has 0 aromatic heterocycles. The zero-order valence-electron chi connectivity index (χ0n) is 21.0. The Bertz CT molecular complexity index is 1290. The molecule has 186 valence electrons. The van der Waals surface area contributed by atoms with E-state index in [1.807, 2.05) is 63.2 Å². The molecule has 1 heterocycles. The third kappa shape index (κ3) is 5.13. The number of benzene rings is 3. The molecule has 0 aliphatic carbocycles. The minimum atomic E-state index is -0.777. The Kier molecular flexibility index (Phi) is 7.44. The fourth-order valence-electron chi connectivity index (χ4n) is 4.44. The first-order valence-corrected chi connectivity index (χ1v) is 12.1. The Morgan fingerprint density at radius 3 is 2.31 bits per heavy atom. The molecule has 0 bridgehead atoms. The van der Waals surface area contributed by atoms with Crippen LogP contribution in [0.3, 0.4) is 0 Å². The smallest absolute Gasteiger partial charge is 0.295 e. The molecule has 0 radical (unpaired) electrons. The lowest BCUT2D eigenvalue weighted by Gasteiger charge is -2.26. The van der Waals surface area contributed by atoms with Crippen LogP contribution in [-0.2, 0) is 22.6 Å². The number of Topliss-reactive ketones (excluding diaryl/α,β-unsaturated/α-hetero) is 1. The van der Waals surface area contributed by atoms with Gasteiger partial charge in [0.25, 0.3) is 11.7 Å². The summed E-state index contributed by atoms with van der Waals surface area (Å²) in [4.78, 5) is 28.2. The van der Waals surface area contributed by atoms with E-state index in [0.717, 1.165) is 17.5 Å². The lowest BCUT2D eigenvalue weighted by atomic mass is 9.94. The maximum atomic E-state index is 13.3. The van der Waals surface area contributed by atoms with Crippen LogP contribution in [0, 0.1) is 0 Å². The van der Waals surface area contributed by atoms with Gasteiger partial charge in [-0.05, 0) is 61.2 Å². The highest BCUT2D eigenvalue weighted by Crippen LogP contribution is 2.41. The van der Waals surface area contributed by atoms with Crippen LogP contribution in [0.25, 0.3) is 5.76 Å². The Balaban J connectivity index is 1.81. The number of ether oxygens (including phenoxy) is 2. The van der Waals surface area contributed by atoms with Crippen LogP contribution in [0.4, 0.5) is 0 Å². The predicted octanol–water partition coefficient (Wildman–Crippen LogP) is 5.67. The molecule has 0 spiro atoms. The van der Waals surface area contributed by atoms with Gasteiger partial charge in [0.15, 0.2) is 0 Å². The zero-order chi connectivity index (χ0) is 25.8. The van der Waals surface area contributed by atoms with Crippen LogP contribution < -0.4 is 9.47 Å². The third-order valence-electron chi connectivity index (χ3n) is 6.21. The molecule has 36 heavy (non-hydrogen) atoms. The van der Waals surface area contributed by atoms with E-state index in [1.165, 1.54) is 4.90 Å². The Morgan fingerprint density at radius 2 is 1.64 bits per heavy atom. The van der Waals surface area contributed by atoms with Gasteiger partial charge >= 0.3 is 0 Å². The van der Waals surface area contributed by atoms with Crippen LogP contribution >= 0.6 is 0 Å². The Hall–Kier alpha value is -4.06. The van der Waals surface area contributed by atoms with Gasteiger partial charge in [-0.25, -0.2) is 0 Å². The predicted molar refractivity (Wildman–Crippen MR) is 139 cm³/mol. The lowest BCUT2D eigenvalue weighted by Crippen LogP contribution is -2.29. The van der Waals surface area contributed by atoms with E-state index < -0.39 is 17.7 Å². The fourth-order valence-corrected chi connectivity index (χ4v) is 4.44. The van der Waals surface area contributed by atoms with Crippen LogP contribution in [0.5, 0.6) is 11.5 Å². The van der Waals surface area contributed by atoms with E-state index in [0.29, 0.717) is 22.6 Å². The van der Waals surface area contributed by atoms with Crippen molar-refractivity contribution in [2.75, 3.05) is 7.11 Å². The van der Waals surface area contributed by atoms with Crippen molar-refractivity contribution in [1.82, 2.24) is 4.90 Å². The van der Waals surface area contributed by atoms with Crippen molar-refractivity contribution in [3.8, 4) is 11.5 Å². The summed E-state index contributed by atoms with van der Waals surface area (Å²) in [6, 6.07) is 21.3. The number of carbonyl (C=O) groups excluding carboxylic acids is 2. The lowest BCUT2D eigenvalue weighted by molar-refractivity contribution is -0.140. The highest BCUT2D eigenvalue weighted by molar-refractivity contribution is 6.46. The van der Waals surface area contributed by atoms with Crippen molar-refractivity contribution in [2.24, 2.45) is 0 Å². The van der Waals surface area contributed by atoms with E-state index in [2.05, 4.69) is 0 Å². The molecule has 1 unspecified atom stereocenters. The standard InChI is InChI=1S/C30H31NO5/c1-5-20-12-14-22(15-13-20)28(32)26-27(23-9-7-10-24(17-23)35-4)31(30(34)29(26)33)18-21-8-6-11-25(16-21)36-19(2)3/h6-17,19,27,32H,5,18H2,1-4H3/b28-26-. The van der Waals surface area contributed by atoms with E-state index in [1.54, 1.807) is 37.4 Å². The Morgan fingerprint density at radius 1 is 0.944 bits per heavy atom. The first-order chi connectivity index (χ1) is 17.3. The number of amides is 1. The summed E-state index contributed by atoms with van der Waals surface area (Å²) in [6.07, 6.45) is 0.861. The topological polar surface area (TPSA) is 76.1 Å². The number of methoxy groups -OCH3 is 1. The summed E-state index contributed by atoms with van der Waals surface area (Å²) in [5, 5.41) is 11.3. The largest absolute Gasteiger partial charge is 0.507 e.